The van der Waals surface area contributed by atoms with Crippen LogP contribution in [0.2, 0.25) is 0 Å². The van der Waals surface area contributed by atoms with Gasteiger partial charge in [-0.1, -0.05) is 6.08 Å². The summed E-state index contributed by atoms with van der Waals surface area (Å²) in [6.45, 7) is 0.165. The second-order valence-corrected chi connectivity index (χ2v) is 6.28. The zero-order chi connectivity index (χ0) is 18.8. The van der Waals surface area contributed by atoms with Crippen LogP contribution in [0, 0.1) is 17.2 Å². The number of carbonyl (C=O) groups excluding carboxylic acids is 1. The van der Waals surface area contributed by atoms with Gasteiger partial charge in [-0.05, 0) is 43.0 Å². The van der Waals surface area contributed by atoms with Crippen molar-refractivity contribution >= 4 is 11.6 Å². The molecule has 1 amide bonds. The van der Waals surface area contributed by atoms with Gasteiger partial charge in [0.25, 0.3) is 5.91 Å². The zero-order valence-corrected chi connectivity index (χ0v) is 14.3. The third kappa shape index (κ3) is 3.80. The first-order valence-electron chi connectivity index (χ1n) is 8.46. The highest BCUT2D eigenvalue weighted by atomic mass is 16.7. The van der Waals surface area contributed by atoms with E-state index in [0.717, 1.165) is 12.8 Å². The second kappa shape index (κ2) is 6.92. The Labute approximate surface area is 155 Å². The lowest BCUT2D eigenvalue weighted by molar-refractivity contribution is -0.112. The Morgan fingerprint density at radius 2 is 2.04 bits per heavy atom. The third-order valence-electron chi connectivity index (χ3n) is 4.18. The van der Waals surface area contributed by atoms with Gasteiger partial charge in [0.2, 0.25) is 6.79 Å². The van der Waals surface area contributed by atoms with Crippen LogP contribution in [0.1, 0.15) is 12.8 Å². The van der Waals surface area contributed by atoms with E-state index in [-0.39, 0.29) is 23.9 Å². The first kappa shape index (κ1) is 16.8. The number of fused-ring (bicyclic) bond motifs is 1. The maximum Gasteiger partial charge on any atom is 0.265 e. The van der Waals surface area contributed by atoms with Crippen LogP contribution in [0.15, 0.2) is 48.0 Å². The first-order valence-corrected chi connectivity index (χ1v) is 8.46. The molecule has 2 aromatic carbocycles. The fraction of sp³-hybridized carbons (Fsp3) is 0.200. The van der Waals surface area contributed by atoms with Crippen molar-refractivity contribution in [2.45, 2.75) is 12.8 Å². The molecule has 1 aliphatic carbocycles. The van der Waals surface area contributed by atoms with E-state index in [1.165, 1.54) is 12.1 Å². The molecule has 1 saturated carbocycles. The van der Waals surface area contributed by atoms with Crippen molar-refractivity contribution in [2.75, 3.05) is 12.1 Å². The predicted octanol–water partition coefficient (Wildman–Crippen LogP) is 3.71. The van der Waals surface area contributed by atoms with Crippen molar-refractivity contribution in [3.05, 3.63) is 48.0 Å². The number of phenolic OH excluding ortho intramolecular Hbond substituents is 1. The molecule has 2 aromatic rings. The lowest BCUT2D eigenvalue weighted by atomic mass is 10.2. The molecule has 7 nitrogen and oxygen atoms in total. The number of phenols is 1. The Balaban J connectivity index is 1.46. The normalized spacial score (nSPS) is 15.1. The molecule has 4 rings (SSSR count). The number of amides is 1. The number of benzene rings is 2. The van der Waals surface area contributed by atoms with Crippen molar-refractivity contribution in [1.29, 1.82) is 5.26 Å². The van der Waals surface area contributed by atoms with E-state index >= 15 is 0 Å². The van der Waals surface area contributed by atoms with Crippen molar-refractivity contribution in [2.24, 2.45) is 5.92 Å². The summed E-state index contributed by atoms with van der Waals surface area (Å²) in [7, 11) is 0. The van der Waals surface area contributed by atoms with E-state index in [1.807, 2.05) is 6.07 Å². The lowest BCUT2D eigenvalue weighted by Gasteiger charge is -2.10. The molecule has 1 aliphatic heterocycles. The minimum atomic E-state index is -0.492. The maximum atomic E-state index is 12.2. The standard InChI is InChI=1S/C20H16N2O5/c21-10-13(7-12-1-2-12)20(24)22-14-3-5-17(16(23)8-14)27-15-4-6-18-19(9-15)26-11-25-18/h3-9,12,23H,1-2,11H2,(H,22,24). The average Bonchev–Trinajstić information content (AvgIpc) is 3.36. The maximum absolute atomic E-state index is 12.2. The number of hydrogen-bond acceptors (Lipinski definition) is 6. The van der Waals surface area contributed by atoms with Crippen LogP contribution in [0.5, 0.6) is 28.7 Å². The summed E-state index contributed by atoms with van der Waals surface area (Å²) in [6, 6.07) is 11.5. The molecule has 0 saturated heterocycles. The van der Waals surface area contributed by atoms with Crippen LogP contribution >= 0.6 is 0 Å². The van der Waals surface area contributed by atoms with Crippen molar-refractivity contribution in [1.82, 2.24) is 0 Å². The smallest absolute Gasteiger partial charge is 0.265 e. The topological polar surface area (TPSA) is 101 Å². The molecule has 0 radical (unpaired) electrons. The third-order valence-corrected chi connectivity index (χ3v) is 4.18. The summed E-state index contributed by atoms with van der Waals surface area (Å²) in [4.78, 5) is 12.2. The summed E-state index contributed by atoms with van der Waals surface area (Å²) >= 11 is 0. The van der Waals surface area contributed by atoms with Crippen molar-refractivity contribution in [3.63, 3.8) is 0 Å². The number of nitrogens with one attached hydrogen (secondary N) is 1. The number of rotatable bonds is 5. The molecule has 0 atom stereocenters. The summed E-state index contributed by atoms with van der Waals surface area (Å²) in [5.41, 5.74) is 0.449. The molecule has 1 heterocycles. The van der Waals surface area contributed by atoms with E-state index in [4.69, 9.17) is 19.5 Å². The fourth-order valence-electron chi connectivity index (χ4n) is 2.61. The molecule has 0 aromatic heterocycles. The summed E-state index contributed by atoms with van der Waals surface area (Å²) in [5, 5.41) is 21.9. The quantitative estimate of drug-likeness (QED) is 0.619. The van der Waals surface area contributed by atoms with E-state index < -0.39 is 5.91 Å². The van der Waals surface area contributed by atoms with E-state index in [1.54, 1.807) is 30.3 Å². The summed E-state index contributed by atoms with van der Waals surface area (Å²) < 4.78 is 16.2. The Bertz CT molecular complexity index is 973. The number of anilines is 1. The average molecular weight is 364 g/mol. The van der Waals surface area contributed by atoms with E-state index in [9.17, 15) is 9.90 Å². The zero-order valence-electron chi connectivity index (χ0n) is 14.3. The monoisotopic (exact) mass is 364 g/mol. The van der Waals surface area contributed by atoms with Crippen LogP contribution < -0.4 is 19.5 Å². The molecule has 136 valence electrons. The minimum Gasteiger partial charge on any atom is -0.504 e. The number of allylic oxidation sites excluding steroid dienone is 1. The first-order chi connectivity index (χ1) is 13.1. The Hall–Kier alpha value is -3.66. The second-order valence-electron chi connectivity index (χ2n) is 6.28. The van der Waals surface area contributed by atoms with Crippen LogP contribution in [0.3, 0.4) is 0 Å². The molecule has 27 heavy (non-hydrogen) atoms. The Morgan fingerprint density at radius 3 is 2.78 bits per heavy atom. The number of ether oxygens (including phenoxy) is 3. The molecular formula is C20H16N2O5. The molecule has 2 N–H and O–H groups in total. The van der Waals surface area contributed by atoms with Gasteiger partial charge in [0.05, 0.1) is 0 Å². The molecule has 1 fully saturated rings. The van der Waals surface area contributed by atoms with Crippen LogP contribution in [-0.4, -0.2) is 17.8 Å². The highest BCUT2D eigenvalue weighted by Gasteiger charge is 2.22. The minimum absolute atomic E-state index is 0.0812. The number of hydrogen-bond donors (Lipinski definition) is 2. The SMILES string of the molecule is N#CC(=CC1CC1)C(=O)Nc1ccc(Oc2ccc3c(c2)OCO3)c(O)c1. The van der Waals surface area contributed by atoms with Crippen LogP contribution in [0.4, 0.5) is 5.69 Å². The van der Waals surface area contributed by atoms with Gasteiger partial charge in [-0.25, -0.2) is 0 Å². The summed E-state index contributed by atoms with van der Waals surface area (Å²) in [6.07, 6.45) is 3.70. The van der Waals surface area contributed by atoms with Crippen molar-refractivity contribution < 1.29 is 24.1 Å². The van der Waals surface area contributed by atoms with E-state index in [2.05, 4.69) is 5.32 Å². The number of carbonyl (C=O) groups is 1. The van der Waals surface area contributed by atoms with Gasteiger partial charge < -0.3 is 24.6 Å². The van der Waals surface area contributed by atoms with Crippen molar-refractivity contribution in [3.8, 4) is 34.8 Å². The van der Waals surface area contributed by atoms with Crippen LogP contribution in [-0.2, 0) is 4.79 Å². The van der Waals surface area contributed by atoms with Gasteiger partial charge in [-0.2, -0.15) is 5.26 Å². The number of nitrogens with zero attached hydrogens (tertiary/aromatic N) is 1. The van der Waals surface area contributed by atoms with Crippen LogP contribution in [0.25, 0.3) is 0 Å². The van der Waals surface area contributed by atoms with Gasteiger partial charge in [0, 0.05) is 17.8 Å². The van der Waals surface area contributed by atoms with Gasteiger partial charge >= 0.3 is 0 Å². The fourth-order valence-corrected chi connectivity index (χ4v) is 2.61. The van der Waals surface area contributed by atoms with E-state index in [0.29, 0.717) is 28.9 Å². The molecule has 2 aliphatic rings. The number of aromatic hydroxyl groups is 1. The van der Waals surface area contributed by atoms with Gasteiger partial charge in [-0.3, -0.25) is 4.79 Å². The molecule has 0 unspecified atom stereocenters. The number of nitriles is 1. The summed E-state index contributed by atoms with van der Waals surface area (Å²) in [5.74, 6) is 1.59. The molecular weight excluding hydrogens is 348 g/mol. The van der Waals surface area contributed by atoms with Gasteiger partial charge in [0.1, 0.15) is 17.4 Å². The Kier molecular flexibility index (Phi) is 4.30. The van der Waals surface area contributed by atoms with Gasteiger partial charge in [0.15, 0.2) is 23.0 Å². The highest BCUT2D eigenvalue weighted by Crippen LogP contribution is 2.39. The predicted molar refractivity (Wildman–Crippen MR) is 95.8 cm³/mol. The van der Waals surface area contributed by atoms with Gasteiger partial charge in [-0.15, -0.1) is 0 Å². The largest absolute Gasteiger partial charge is 0.504 e. The Morgan fingerprint density at radius 1 is 1.22 bits per heavy atom. The molecule has 0 spiro atoms. The molecule has 7 heteroatoms. The lowest BCUT2D eigenvalue weighted by Crippen LogP contribution is -2.13. The highest BCUT2D eigenvalue weighted by molar-refractivity contribution is 6.06. The molecule has 0 bridgehead atoms.